The van der Waals surface area contributed by atoms with Crippen molar-refractivity contribution in [2.75, 3.05) is 11.9 Å². The number of ether oxygens (including phenoxy) is 1. The first-order valence-corrected chi connectivity index (χ1v) is 7.73. The minimum absolute atomic E-state index is 0.289. The number of halogens is 2. The maximum atomic E-state index is 12.3. The van der Waals surface area contributed by atoms with Crippen LogP contribution >= 0.6 is 23.2 Å². The van der Waals surface area contributed by atoms with Crippen LogP contribution in [0.25, 0.3) is 0 Å². The summed E-state index contributed by atoms with van der Waals surface area (Å²) in [6, 6.07) is 8.32. The SMILES string of the molecule is O=C(Nc1cccc(Cl)c1Cl)c1ccnc(OCC2CC2)c1. The van der Waals surface area contributed by atoms with Crippen LogP contribution in [-0.2, 0) is 0 Å². The number of carbonyl (C=O) groups is 1. The molecule has 0 saturated heterocycles. The quantitative estimate of drug-likeness (QED) is 0.878. The van der Waals surface area contributed by atoms with Gasteiger partial charge in [-0.15, -0.1) is 0 Å². The molecule has 1 aliphatic rings. The lowest BCUT2D eigenvalue weighted by Crippen LogP contribution is -2.13. The fourth-order valence-corrected chi connectivity index (χ4v) is 2.26. The van der Waals surface area contributed by atoms with Crippen LogP contribution in [0.15, 0.2) is 36.5 Å². The molecule has 0 spiro atoms. The molecule has 1 amide bonds. The lowest BCUT2D eigenvalue weighted by Gasteiger charge is -2.09. The van der Waals surface area contributed by atoms with Crippen LogP contribution in [0.1, 0.15) is 23.2 Å². The zero-order valence-corrected chi connectivity index (χ0v) is 13.2. The molecule has 1 heterocycles. The number of benzene rings is 1. The number of anilines is 1. The number of hydrogen-bond acceptors (Lipinski definition) is 3. The average Bonchev–Trinajstić information content (AvgIpc) is 3.34. The summed E-state index contributed by atoms with van der Waals surface area (Å²) in [5.41, 5.74) is 0.924. The van der Waals surface area contributed by atoms with Gasteiger partial charge in [-0.1, -0.05) is 29.3 Å². The van der Waals surface area contributed by atoms with Gasteiger partial charge in [-0.3, -0.25) is 4.79 Å². The number of hydrogen-bond donors (Lipinski definition) is 1. The van der Waals surface area contributed by atoms with Crippen molar-refractivity contribution in [3.8, 4) is 5.88 Å². The molecule has 1 N–H and O–H groups in total. The van der Waals surface area contributed by atoms with Crippen LogP contribution < -0.4 is 10.1 Å². The van der Waals surface area contributed by atoms with E-state index < -0.39 is 0 Å². The van der Waals surface area contributed by atoms with Gasteiger partial charge in [0.15, 0.2) is 0 Å². The van der Waals surface area contributed by atoms with Gasteiger partial charge < -0.3 is 10.1 Å². The van der Waals surface area contributed by atoms with E-state index in [0.29, 0.717) is 39.7 Å². The molecule has 0 bridgehead atoms. The van der Waals surface area contributed by atoms with Crippen LogP contribution in [-0.4, -0.2) is 17.5 Å². The first kappa shape index (κ1) is 15.1. The van der Waals surface area contributed by atoms with Crippen LogP contribution in [0.4, 0.5) is 5.69 Å². The predicted octanol–water partition coefficient (Wildman–Crippen LogP) is 4.43. The Hall–Kier alpha value is -1.78. The topological polar surface area (TPSA) is 51.2 Å². The van der Waals surface area contributed by atoms with Crippen molar-refractivity contribution < 1.29 is 9.53 Å². The standard InChI is InChI=1S/C16H14Cl2N2O2/c17-12-2-1-3-13(15(12)18)20-16(21)11-6-7-19-14(8-11)22-9-10-4-5-10/h1-3,6-8,10H,4-5,9H2,(H,20,21). The van der Waals surface area contributed by atoms with Crippen molar-refractivity contribution >= 4 is 34.8 Å². The molecule has 22 heavy (non-hydrogen) atoms. The largest absolute Gasteiger partial charge is 0.477 e. The highest BCUT2D eigenvalue weighted by atomic mass is 35.5. The molecule has 0 unspecified atom stereocenters. The molecule has 4 nitrogen and oxygen atoms in total. The van der Waals surface area contributed by atoms with Gasteiger partial charge in [0.1, 0.15) is 0 Å². The Morgan fingerprint density at radius 1 is 1.32 bits per heavy atom. The Kier molecular flexibility index (Phi) is 4.50. The summed E-state index contributed by atoms with van der Waals surface area (Å²) in [7, 11) is 0. The first-order valence-electron chi connectivity index (χ1n) is 6.97. The molecule has 1 aromatic carbocycles. The Morgan fingerprint density at radius 3 is 2.91 bits per heavy atom. The highest BCUT2D eigenvalue weighted by molar-refractivity contribution is 6.44. The summed E-state index contributed by atoms with van der Waals surface area (Å²) in [6.45, 7) is 0.651. The number of carbonyl (C=O) groups excluding carboxylic acids is 1. The third-order valence-corrected chi connectivity index (χ3v) is 4.18. The maximum Gasteiger partial charge on any atom is 0.255 e. The minimum atomic E-state index is -0.289. The van der Waals surface area contributed by atoms with Crippen molar-refractivity contribution in [2.24, 2.45) is 5.92 Å². The van der Waals surface area contributed by atoms with Crippen molar-refractivity contribution in [2.45, 2.75) is 12.8 Å². The van der Waals surface area contributed by atoms with Crippen LogP contribution in [0.5, 0.6) is 5.88 Å². The van der Waals surface area contributed by atoms with E-state index in [1.54, 1.807) is 36.5 Å². The number of rotatable bonds is 5. The molecular weight excluding hydrogens is 323 g/mol. The first-order chi connectivity index (χ1) is 10.6. The van der Waals surface area contributed by atoms with E-state index in [-0.39, 0.29) is 5.91 Å². The minimum Gasteiger partial charge on any atom is -0.477 e. The normalized spacial score (nSPS) is 13.7. The van der Waals surface area contributed by atoms with Crippen LogP contribution in [0.2, 0.25) is 10.0 Å². The van der Waals surface area contributed by atoms with E-state index >= 15 is 0 Å². The van der Waals surface area contributed by atoms with Crippen molar-refractivity contribution in [1.82, 2.24) is 4.98 Å². The van der Waals surface area contributed by atoms with E-state index in [4.69, 9.17) is 27.9 Å². The van der Waals surface area contributed by atoms with E-state index in [1.807, 2.05) is 0 Å². The molecule has 0 radical (unpaired) electrons. The highest BCUT2D eigenvalue weighted by Gasteiger charge is 2.22. The Morgan fingerprint density at radius 2 is 2.14 bits per heavy atom. The van der Waals surface area contributed by atoms with Gasteiger partial charge in [-0.05, 0) is 37.0 Å². The van der Waals surface area contributed by atoms with Crippen molar-refractivity contribution in [1.29, 1.82) is 0 Å². The lowest BCUT2D eigenvalue weighted by atomic mass is 10.2. The van der Waals surface area contributed by atoms with Gasteiger partial charge in [-0.25, -0.2) is 4.98 Å². The lowest BCUT2D eigenvalue weighted by molar-refractivity contribution is 0.102. The second kappa shape index (κ2) is 6.55. The fourth-order valence-electron chi connectivity index (χ4n) is 1.91. The Bertz CT molecular complexity index is 702. The van der Waals surface area contributed by atoms with Gasteiger partial charge in [-0.2, -0.15) is 0 Å². The number of nitrogens with zero attached hydrogens (tertiary/aromatic N) is 1. The zero-order valence-electron chi connectivity index (χ0n) is 11.7. The number of nitrogens with one attached hydrogen (secondary N) is 1. The van der Waals surface area contributed by atoms with Gasteiger partial charge in [0.25, 0.3) is 5.91 Å². The van der Waals surface area contributed by atoms with Gasteiger partial charge in [0.2, 0.25) is 5.88 Å². The summed E-state index contributed by atoms with van der Waals surface area (Å²) in [5, 5.41) is 3.44. The maximum absolute atomic E-state index is 12.3. The highest BCUT2D eigenvalue weighted by Crippen LogP contribution is 2.30. The van der Waals surface area contributed by atoms with Gasteiger partial charge in [0.05, 0.1) is 22.3 Å². The molecule has 0 atom stereocenters. The van der Waals surface area contributed by atoms with Crippen molar-refractivity contribution in [3.05, 3.63) is 52.1 Å². The summed E-state index contributed by atoms with van der Waals surface area (Å²) in [6.07, 6.45) is 3.96. The summed E-state index contributed by atoms with van der Waals surface area (Å²) in [5.74, 6) is 0.795. The van der Waals surface area contributed by atoms with Crippen LogP contribution in [0.3, 0.4) is 0 Å². The predicted molar refractivity (Wildman–Crippen MR) is 86.9 cm³/mol. The molecule has 2 aromatic rings. The van der Waals surface area contributed by atoms with Gasteiger partial charge in [0, 0.05) is 17.8 Å². The molecule has 1 aliphatic carbocycles. The molecule has 1 saturated carbocycles. The number of amides is 1. The smallest absolute Gasteiger partial charge is 0.255 e. The van der Waals surface area contributed by atoms with E-state index in [1.165, 1.54) is 12.8 Å². The summed E-state index contributed by atoms with van der Waals surface area (Å²) >= 11 is 12.0. The molecule has 1 aromatic heterocycles. The third kappa shape index (κ3) is 3.70. The van der Waals surface area contributed by atoms with Crippen LogP contribution in [0, 0.1) is 5.92 Å². The Balaban J connectivity index is 1.71. The van der Waals surface area contributed by atoms with E-state index in [0.717, 1.165) is 0 Å². The molecule has 1 fully saturated rings. The van der Waals surface area contributed by atoms with Gasteiger partial charge >= 0.3 is 0 Å². The average molecular weight is 337 g/mol. The Labute approximate surface area is 138 Å². The van der Waals surface area contributed by atoms with E-state index in [2.05, 4.69) is 10.3 Å². The summed E-state index contributed by atoms with van der Waals surface area (Å²) < 4.78 is 5.58. The molecule has 6 heteroatoms. The molecule has 114 valence electrons. The molecule has 0 aliphatic heterocycles. The monoisotopic (exact) mass is 336 g/mol. The fraction of sp³-hybridized carbons (Fsp3) is 0.250. The third-order valence-electron chi connectivity index (χ3n) is 3.36. The zero-order chi connectivity index (χ0) is 15.5. The number of aromatic nitrogens is 1. The van der Waals surface area contributed by atoms with E-state index in [9.17, 15) is 4.79 Å². The molecule has 3 rings (SSSR count). The summed E-state index contributed by atoms with van der Waals surface area (Å²) in [4.78, 5) is 16.4. The second-order valence-corrected chi connectivity index (χ2v) is 5.98. The number of pyridine rings is 1. The van der Waals surface area contributed by atoms with Crippen molar-refractivity contribution in [3.63, 3.8) is 0 Å². The molecular formula is C16H14Cl2N2O2. The second-order valence-electron chi connectivity index (χ2n) is 5.19.